The lowest BCUT2D eigenvalue weighted by Gasteiger charge is -2.17. The van der Waals surface area contributed by atoms with Crippen molar-refractivity contribution in [2.75, 3.05) is 5.32 Å². The van der Waals surface area contributed by atoms with Crippen molar-refractivity contribution in [1.82, 2.24) is 4.37 Å². The van der Waals surface area contributed by atoms with E-state index >= 15 is 0 Å². The molecule has 0 saturated heterocycles. The number of benzene rings is 2. The SMILES string of the molecule is ClC1Cc2ccccc2C1Nc1snc2ccccc12. The summed E-state index contributed by atoms with van der Waals surface area (Å²) in [7, 11) is 0. The van der Waals surface area contributed by atoms with E-state index in [2.05, 4.69) is 40.0 Å². The maximum Gasteiger partial charge on any atom is 0.117 e. The molecule has 4 rings (SSSR count). The van der Waals surface area contributed by atoms with Crippen molar-refractivity contribution in [2.24, 2.45) is 0 Å². The number of nitrogens with zero attached hydrogens (tertiary/aromatic N) is 1. The van der Waals surface area contributed by atoms with Gasteiger partial charge in [-0.1, -0.05) is 36.4 Å². The van der Waals surface area contributed by atoms with Gasteiger partial charge in [0.15, 0.2) is 0 Å². The molecule has 1 aromatic heterocycles. The lowest BCUT2D eigenvalue weighted by molar-refractivity contribution is 0.775. The molecular formula is C16H13ClN2S. The van der Waals surface area contributed by atoms with Crippen molar-refractivity contribution in [3.63, 3.8) is 0 Å². The molecule has 2 nitrogen and oxygen atoms in total. The quantitative estimate of drug-likeness (QED) is 0.699. The van der Waals surface area contributed by atoms with Crippen LogP contribution in [0, 0.1) is 0 Å². The molecule has 0 aliphatic heterocycles. The summed E-state index contributed by atoms with van der Waals surface area (Å²) in [6.07, 6.45) is 0.923. The minimum Gasteiger partial charge on any atom is -0.367 e. The number of rotatable bonds is 2. The fraction of sp³-hybridized carbons (Fsp3) is 0.188. The maximum atomic E-state index is 6.53. The van der Waals surface area contributed by atoms with Crippen LogP contribution in [0.15, 0.2) is 48.5 Å². The highest BCUT2D eigenvalue weighted by molar-refractivity contribution is 7.11. The summed E-state index contributed by atoms with van der Waals surface area (Å²) in [6, 6.07) is 16.8. The van der Waals surface area contributed by atoms with E-state index in [1.54, 1.807) is 0 Å². The van der Waals surface area contributed by atoms with E-state index in [0.717, 1.165) is 16.9 Å². The van der Waals surface area contributed by atoms with Gasteiger partial charge in [0.05, 0.1) is 16.9 Å². The lowest BCUT2D eigenvalue weighted by Crippen LogP contribution is -2.16. The number of hydrogen-bond acceptors (Lipinski definition) is 3. The highest BCUT2D eigenvalue weighted by Gasteiger charge is 2.31. The molecule has 0 bridgehead atoms. The molecule has 1 N–H and O–H groups in total. The Morgan fingerprint density at radius 2 is 1.90 bits per heavy atom. The lowest BCUT2D eigenvalue weighted by atomic mass is 10.1. The van der Waals surface area contributed by atoms with E-state index in [-0.39, 0.29) is 11.4 Å². The van der Waals surface area contributed by atoms with E-state index in [0.29, 0.717) is 0 Å². The third kappa shape index (κ3) is 1.89. The van der Waals surface area contributed by atoms with Crippen LogP contribution >= 0.6 is 23.1 Å². The van der Waals surface area contributed by atoms with Gasteiger partial charge in [-0.25, -0.2) is 0 Å². The molecule has 0 amide bonds. The first kappa shape index (κ1) is 12.2. The molecule has 20 heavy (non-hydrogen) atoms. The van der Waals surface area contributed by atoms with Gasteiger partial charge in [0, 0.05) is 5.39 Å². The van der Waals surface area contributed by atoms with E-state index in [1.807, 2.05) is 18.2 Å². The van der Waals surface area contributed by atoms with Crippen molar-refractivity contribution < 1.29 is 0 Å². The smallest absolute Gasteiger partial charge is 0.117 e. The highest BCUT2D eigenvalue weighted by atomic mass is 35.5. The van der Waals surface area contributed by atoms with Gasteiger partial charge in [-0.2, -0.15) is 4.37 Å². The third-order valence-corrected chi connectivity index (χ3v) is 5.05. The predicted molar refractivity (Wildman–Crippen MR) is 85.8 cm³/mol. The Morgan fingerprint density at radius 3 is 2.85 bits per heavy atom. The molecule has 2 aromatic carbocycles. The number of nitrogens with one attached hydrogen (secondary N) is 1. The molecule has 100 valence electrons. The van der Waals surface area contributed by atoms with E-state index in [4.69, 9.17) is 11.6 Å². The molecule has 1 aliphatic rings. The van der Waals surface area contributed by atoms with Crippen LogP contribution in [0.3, 0.4) is 0 Å². The second kappa shape index (κ2) is 4.76. The number of halogens is 1. The van der Waals surface area contributed by atoms with Crippen LogP contribution in [0.25, 0.3) is 10.9 Å². The van der Waals surface area contributed by atoms with Gasteiger partial charge >= 0.3 is 0 Å². The van der Waals surface area contributed by atoms with Crippen molar-refractivity contribution in [3.8, 4) is 0 Å². The van der Waals surface area contributed by atoms with Gasteiger partial charge < -0.3 is 5.32 Å². The van der Waals surface area contributed by atoms with Crippen LogP contribution in [0.2, 0.25) is 0 Å². The van der Waals surface area contributed by atoms with Crippen molar-refractivity contribution >= 4 is 39.0 Å². The average molecular weight is 301 g/mol. The molecule has 0 radical (unpaired) electrons. The molecule has 4 heteroatoms. The minimum atomic E-state index is 0.0910. The minimum absolute atomic E-state index is 0.0910. The Balaban J connectivity index is 1.72. The first-order chi connectivity index (χ1) is 9.83. The van der Waals surface area contributed by atoms with Crippen molar-refractivity contribution in [3.05, 3.63) is 59.7 Å². The van der Waals surface area contributed by atoms with E-state index < -0.39 is 0 Å². The zero-order valence-corrected chi connectivity index (χ0v) is 12.3. The number of hydrogen-bond donors (Lipinski definition) is 1. The molecule has 2 atom stereocenters. The van der Waals surface area contributed by atoms with Crippen molar-refractivity contribution in [1.29, 1.82) is 0 Å². The number of alkyl halides is 1. The third-order valence-electron chi connectivity index (χ3n) is 3.84. The number of anilines is 1. The summed E-state index contributed by atoms with van der Waals surface area (Å²) in [5, 5.41) is 5.96. The van der Waals surface area contributed by atoms with E-state index in [1.165, 1.54) is 28.0 Å². The van der Waals surface area contributed by atoms with E-state index in [9.17, 15) is 0 Å². The maximum absolute atomic E-state index is 6.53. The molecular weight excluding hydrogens is 288 g/mol. The van der Waals surface area contributed by atoms with Gasteiger partial charge in [0.25, 0.3) is 0 Å². The number of fused-ring (bicyclic) bond motifs is 2. The van der Waals surface area contributed by atoms with Crippen LogP contribution in [-0.4, -0.2) is 9.75 Å². The van der Waals surface area contributed by atoms with Gasteiger partial charge in [-0.15, -0.1) is 11.6 Å². The van der Waals surface area contributed by atoms with Crippen LogP contribution in [0.5, 0.6) is 0 Å². The summed E-state index contributed by atoms with van der Waals surface area (Å²) in [5.41, 5.74) is 3.70. The molecule has 0 spiro atoms. The standard InChI is InChI=1S/C16H13ClN2S/c17-13-9-10-5-1-2-6-11(10)15(13)18-16-12-7-3-4-8-14(12)19-20-16/h1-8,13,15,18H,9H2. The molecule has 0 fully saturated rings. The summed E-state index contributed by atoms with van der Waals surface area (Å²) in [4.78, 5) is 0. The van der Waals surface area contributed by atoms with Crippen LogP contribution < -0.4 is 5.32 Å². The van der Waals surface area contributed by atoms with Crippen LogP contribution in [0.1, 0.15) is 17.2 Å². The summed E-state index contributed by atoms with van der Waals surface area (Å²) < 4.78 is 4.48. The first-order valence-electron chi connectivity index (χ1n) is 6.66. The Hall–Kier alpha value is -1.58. The molecule has 0 saturated carbocycles. The zero-order valence-electron chi connectivity index (χ0n) is 10.7. The second-order valence-electron chi connectivity index (χ2n) is 5.07. The summed E-state index contributed by atoms with van der Waals surface area (Å²) in [5.74, 6) is 0. The summed E-state index contributed by atoms with van der Waals surface area (Å²) in [6.45, 7) is 0. The normalized spacial score (nSPS) is 21.1. The Labute approximate surface area is 126 Å². The topological polar surface area (TPSA) is 24.9 Å². The highest BCUT2D eigenvalue weighted by Crippen LogP contribution is 2.39. The monoisotopic (exact) mass is 300 g/mol. The predicted octanol–water partition coefficient (Wildman–Crippen LogP) is 4.61. The fourth-order valence-electron chi connectivity index (χ4n) is 2.85. The summed E-state index contributed by atoms with van der Waals surface area (Å²) >= 11 is 8.04. The van der Waals surface area contributed by atoms with Crippen LogP contribution in [0.4, 0.5) is 5.00 Å². The van der Waals surface area contributed by atoms with Gasteiger partial charge in [-0.3, -0.25) is 0 Å². The average Bonchev–Trinajstić information content (AvgIpc) is 3.02. The van der Waals surface area contributed by atoms with Crippen LogP contribution in [-0.2, 0) is 6.42 Å². The van der Waals surface area contributed by atoms with Gasteiger partial charge in [0.1, 0.15) is 5.00 Å². The Bertz CT molecular complexity index is 768. The Morgan fingerprint density at radius 1 is 1.10 bits per heavy atom. The van der Waals surface area contributed by atoms with Gasteiger partial charge in [-0.05, 0) is 41.2 Å². The fourth-order valence-corrected chi connectivity index (χ4v) is 4.01. The number of aromatic nitrogens is 1. The Kier molecular flexibility index (Phi) is 2.90. The molecule has 2 unspecified atom stereocenters. The van der Waals surface area contributed by atoms with Crippen molar-refractivity contribution in [2.45, 2.75) is 17.8 Å². The first-order valence-corrected chi connectivity index (χ1v) is 7.87. The molecule has 3 aromatic rings. The molecule has 1 aliphatic carbocycles. The largest absolute Gasteiger partial charge is 0.367 e. The zero-order chi connectivity index (χ0) is 13.5. The second-order valence-corrected chi connectivity index (χ2v) is 6.40. The molecule has 1 heterocycles. The van der Waals surface area contributed by atoms with Gasteiger partial charge in [0.2, 0.25) is 0 Å².